The van der Waals surface area contributed by atoms with Gasteiger partial charge < -0.3 is 14.5 Å². The number of ether oxygens (including phenoxy) is 1. The van der Waals surface area contributed by atoms with Crippen molar-refractivity contribution in [1.29, 1.82) is 0 Å². The molecule has 0 aliphatic heterocycles. The monoisotopic (exact) mass is 427 g/mol. The Kier molecular flexibility index (Phi) is 6.63. The van der Waals surface area contributed by atoms with Crippen LogP contribution in [-0.2, 0) is 22.7 Å². The van der Waals surface area contributed by atoms with Crippen LogP contribution in [0, 0.1) is 13.8 Å². The zero-order valence-electron chi connectivity index (χ0n) is 18.1. The lowest BCUT2D eigenvalue weighted by atomic mass is 10.1. The van der Waals surface area contributed by atoms with Gasteiger partial charge in [-0.2, -0.15) is 5.10 Å². The zero-order chi connectivity index (χ0) is 22.3. The Bertz CT molecular complexity index is 1210. The Hall–Kier alpha value is -3.90. The van der Waals surface area contributed by atoms with Gasteiger partial charge in [-0.3, -0.25) is 4.79 Å². The molecule has 1 N–H and O–H groups in total. The van der Waals surface area contributed by atoms with E-state index in [0.717, 1.165) is 34.0 Å². The molecule has 0 radical (unpaired) electrons. The fourth-order valence-electron chi connectivity index (χ4n) is 3.46. The second-order valence-electron chi connectivity index (χ2n) is 7.43. The lowest BCUT2D eigenvalue weighted by molar-refractivity contribution is -0.111. The van der Waals surface area contributed by atoms with E-state index in [1.54, 1.807) is 6.26 Å². The van der Waals surface area contributed by atoms with Crippen molar-refractivity contribution in [2.75, 3.05) is 5.32 Å². The van der Waals surface area contributed by atoms with Crippen molar-refractivity contribution < 1.29 is 13.9 Å². The fraction of sp³-hybridized carbons (Fsp3) is 0.154. The van der Waals surface area contributed by atoms with Crippen molar-refractivity contribution in [2.45, 2.75) is 27.1 Å². The molecule has 4 aromatic rings. The average Bonchev–Trinajstić information content (AvgIpc) is 3.41. The number of hydrogen-bond acceptors (Lipinski definition) is 4. The molecule has 6 heteroatoms. The first-order valence-electron chi connectivity index (χ1n) is 10.4. The molecule has 0 saturated carbocycles. The van der Waals surface area contributed by atoms with Crippen LogP contribution in [0.2, 0.25) is 0 Å². The molecule has 2 aromatic heterocycles. The van der Waals surface area contributed by atoms with Crippen LogP contribution in [0.3, 0.4) is 0 Å². The highest BCUT2D eigenvalue weighted by Gasteiger charge is 2.11. The number of hydrogen-bond donors (Lipinski definition) is 1. The van der Waals surface area contributed by atoms with Gasteiger partial charge >= 0.3 is 0 Å². The van der Waals surface area contributed by atoms with Crippen LogP contribution in [0.1, 0.15) is 28.3 Å². The smallest absolute Gasteiger partial charge is 0.248 e. The highest BCUT2D eigenvalue weighted by molar-refractivity contribution is 6.02. The summed E-state index contributed by atoms with van der Waals surface area (Å²) in [5.41, 5.74) is 5.45. The standard InChI is InChI=1S/C26H25N3O3/c1-19-25(20(2)29(28-19)23-10-4-3-5-11-23)13-14-26(30)27-22-9-6-8-21(16-22)17-31-18-24-12-7-15-32-24/h3-16H,17-18H2,1-2H3,(H,27,30)/b14-13+. The second kappa shape index (κ2) is 9.94. The van der Waals surface area contributed by atoms with Gasteiger partial charge in [0.05, 0.1) is 24.3 Å². The van der Waals surface area contributed by atoms with Crippen molar-refractivity contribution in [2.24, 2.45) is 0 Å². The van der Waals surface area contributed by atoms with E-state index in [2.05, 4.69) is 10.4 Å². The van der Waals surface area contributed by atoms with E-state index in [1.807, 2.05) is 91.3 Å². The second-order valence-corrected chi connectivity index (χ2v) is 7.43. The minimum atomic E-state index is -0.204. The summed E-state index contributed by atoms with van der Waals surface area (Å²) in [7, 11) is 0. The number of carbonyl (C=O) groups is 1. The molecule has 1 amide bonds. The predicted octanol–water partition coefficient (Wildman–Crippen LogP) is 5.45. The molecule has 0 saturated heterocycles. The van der Waals surface area contributed by atoms with Crippen molar-refractivity contribution in [3.63, 3.8) is 0 Å². The van der Waals surface area contributed by atoms with Crippen molar-refractivity contribution >= 4 is 17.7 Å². The fourth-order valence-corrected chi connectivity index (χ4v) is 3.46. The van der Waals surface area contributed by atoms with Crippen LogP contribution in [0.15, 0.2) is 83.5 Å². The average molecular weight is 428 g/mol. The number of furan rings is 1. The molecular formula is C26H25N3O3. The SMILES string of the molecule is Cc1nn(-c2ccccc2)c(C)c1/C=C/C(=O)Nc1cccc(COCc2ccco2)c1. The Morgan fingerprint density at radius 2 is 1.91 bits per heavy atom. The van der Waals surface area contributed by atoms with Gasteiger partial charge in [0.1, 0.15) is 12.4 Å². The van der Waals surface area contributed by atoms with E-state index >= 15 is 0 Å². The first kappa shape index (κ1) is 21.3. The predicted molar refractivity (Wildman–Crippen MR) is 124 cm³/mol. The number of nitrogens with one attached hydrogen (secondary N) is 1. The molecule has 6 nitrogen and oxygen atoms in total. The first-order valence-corrected chi connectivity index (χ1v) is 10.4. The van der Waals surface area contributed by atoms with Crippen molar-refractivity contribution in [3.8, 4) is 5.69 Å². The summed E-state index contributed by atoms with van der Waals surface area (Å²) in [6.45, 7) is 4.77. The summed E-state index contributed by atoms with van der Waals surface area (Å²) in [4.78, 5) is 12.5. The van der Waals surface area contributed by atoms with Crippen LogP contribution in [0.5, 0.6) is 0 Å². The Morgan fingerprint density at radius 1 is 1.06 bits per heavy atom. The highest BCUT2D eigenvalue weighted by atomic mass is 16.5. The van der Waals surface area contributed by atoms with Gasteiger partial charge in [-0.1, -0.05) is 30.3 Å². The molecule has 2 aromatic carbocycles. The highest BCUT2D eigenvalue weighted by Crippen LogP contribution is 2.19. The Balaban J connectivity index is 1.38. The van der Waals surface area contributed by atoms with Gasteiger partial charge in [0.2, 0.25) is 5.91 Å². The number of amides is 1. The molecule has 0 unspecified atom stereocenters. The maximum atomic E-state index is 12.5. The maximum absolute atomic E-state index is 12.5. The molecule has 0 spiro atoms. The van der Waals surface area contributed by atoms with Crippen LogP contribution in [0.4, 0.5) is 5.69 Å². The summed E-state index contributed by atoms with van der Waals surface area (Å²) >= 11 is 0. The first-order chi connectivity index (χ1) is 15.6. The van der Waals surface area contributed by atoms with Crippen LogP contribution in [0.25, 0.3) is 11.8 Å². The molecule has 0 atom stereocenters. The van der Waals surface area contributed by atoms with Crippen molar-refractivity contribution in [1.82, 2.24) is 9.78 Å². The van der Waals surface area contributed by atoms with E-state index in [-0.39, 0.29) is 5.91 Å². The van der Waals surface area contributed by atoms with Gasteiger partial charge in [-0.25, -0.2) is 4.68 Å². The minimum absolute atomic E-state index is 0.204. The summed E-state index contributed by atoms with van der Waals surface area (Å²) in [6, 6.07) is 21.2. The quantitative estimate of drug-likeness (QED) is 0.380. The molecule has 32 heavy (non-hydrogen) atoms. The van der Waals surface area contributed by atoms with Gasteiger partial charge in [0.15, 0.2) is 0 Å². The number of para-hydroxylation sites is 1. The van der Waals surface area contributed by atoms with E-state index in [9.17, 15) is 4.79 Å². The van der Waals surface area contributed by atoms with Gasteiger partial charge in [0.25, 0.3) is 0 Å². The molecule has 0 fully saturated rings. The largest absolute Gasteiger partial charge is 0.467 e. The molecular weight excluding hydrogens is 402 g/mol. The molecule has 4 rings (SSSR count). The van der Waals surface area contributed by atoms with E-state index in [4.69, 9.17) is 9.15 Å². The molecule has 0 aliphatic rings. The Labute approximate surface area is 187 Å². The lowest BCUT2D eigenvalue weighted by Crippen LogP contribution is -2.08. The number of aromatic nitrogens is 2. The number of aryl methyl sites for hydroxylation is 1. The van der Waals surface area contributed by atoms with Crippen molar-refractivity contribution in [3.05, 3.63) is 107 Å². The minimum Gasteiger partial charge on any atom is -0.467 e. The summed E-state index contributed by atoms with van der Waals surface area (Å²) in [5.74, 6) is 0.575. The summed E-state index contributed by atoms with van der Waals surface area (Å²) < 4.78 is 12.8. The van der Waals surface area contributed by atoms with E-state index in [0.29, 0.717) is 18.9 Å². The lowest BCUT2D eigenvalue weighted by Gasteiger charge is -2.06. The number of benzene rings is 2. The number of nitrogens with zero attached hydrogens (tertiary/aromatic N) is 2. The van der Waals surface area contributed by atoms with E-state index < -0.39 is 0 Å². The number of carbonyl (C=O) groups excluding carboxylic acids is 1. The van der Waals surface area contributed by atoms with Crippen LogP contribution in [-0.4, -0.2) is 15.7 Å². The summed E-state index contributed by atoms with van der Waals surface area (Å²) in [6.07, 6.45) is 4.97. The maximum Gasteiger partial charge on any atom is 0.248 e. The number of anilines is 1. The third-order valence-electron chi connectivity index (χ3n) is 5.04. The van der Waals surface area contributed by atoms with Gasteiger partial charge in [-0.15, -0.1) is 0 Å². The van der Waals surface area contributed by atoms with Gasteiger partial charge in [0, 0.05) is 23.0 Å². The number of rotatable bonds is 8. The normalized spacial score (nSPS) is 11.2. The Morgan fingerprint density at radius 3 is 2.69 bits per heavy atom. The third-order valence-corrected chi connectivity index (χ3v) is 5.04. The zero-order valence-corrected chi connectivity index (χ0v) is 18.1. The van der Waals surface area contributed by atoms with Crippen LogP contribution < -0.4 is 5.32 Å². The molecule has 0 bridgehead atoms. The topological polar surface area (TPSA) is 69.3 Å². The van der Waals surface area contributed by atoms with Gasteiger partial charge in [-0.05, 0) is 61.9 Å². The third kappa shape index (κ3) is 5.22. The summed E-state index contributed by atoms with van der Waals surface area (Å²) in [5, 5.41) is 7.52. The van der Waals surface area contributed by atoms with E-state index in [1.165, 1.54) is 6.08 Å². The molecule has 0 aliphatic carbocycles. The molecule has 2 heterocycles. The molecule has 162 valence electrons. The van der Waals surface area contributed by atoms with Crippen LogP contribution >= 0.6 is 0 Å².